The van der Waals surface area contributed by atoms with Crippen LogP contribution in [0.2, 0.25) is 0 Å². The van der Waals surface area contributed by atoms with Crippen LogP contribution in [0.15, 0.2) is 24.3 Å². The molecule has 1 aromatic carbocycles. The average Bonchev–Trinajstić information content (AvgIpc) is 2.38. The first-order valence-corrected chi connectivity index (χ1v) is 5.50. The maximum atomic E-state index is 11.4. The fraction of sp³-hybridized carbons (Fsp3) is 0.250. The van der Waals surface area contributed by atoms with E-state index in [1.165, 1.54) is 31.4 Å². The van der Waals surface area contributed by atoms with Crippen LogP contribution in [0.5, 0.6) is 0 Å². The van der Waals surface area contributed by atoms with Crippen LogP contribution in [0.1, 0.15) is 17.3 Å². The number of anilines is 1. The lowest BCUT2D eigenvalue weighted by Crippen LogP contribution is -2.34. The zero-order chi connectivity index (χ0) is 14.3. The van der Waals surface area contributed by atoms with Gasteiger partial charge in [0.2, 0.25) is 0 Å². The largest absolute Gasteiger partial charge is 0.465 e. The smallest absolute Gasteiger partial charge is 0.415 e. The van der Waals surface area contributed by atoms with Gasteiger partial charge in [0.25, 0.3) is 0 Å². The van der Waals surface area contributed by atoms with E-state index in [1.54, 1.807) is 6.92 Å². The van der Waals surface area contributed by atoms with Crippen LogP contribution in [0, 0.1) is 0 Å². The van der Waals surface area contributed by atoms with E-state index in [0.29, 0.717) is 11.3 Å². The highest BCUT2D eigenvalue weighted by atomic mass is 16.5. The molecule has 0 aliphatic heterocycles. The minimum Gasteiger partial charge on any atom is -0.465 e. The van der Waals surface area contributed by atoms with Gasteiger partial charge in [0.15, 0.2) is 0 Å². The van der Waals surface area contributed by atoms with Crippen molar-refractivity contribution in [2.45, 2.75) is 6.92 Å². The number of methoxy groups -OCH3 is 1. The molecule has 7 heteroatoms. The molecule has 0 atom stereocenters. The summed E-state index contributed by atoms with van der Waals surface area (Å²) in [6, 6.07) is 5.29. The van der Waals surface area contributed by atoms with Gasteiger partial charge in [-0.2, -0.15) is 0 Å². The van der Waals surface area contributed by atoms with Gasteiger partial charge in [-0.3, -0.25) is 0 Å². The van der Waals surface area contributed by atoms with E-state index in [2.05, 4.69) is 14.8 Å². The fourth-order valence-corrected chi connectivity index (χ4v) is 1.23. The molecule has 1 aromatic rings. The third-order valence-electron chi connectivity index (χ3n) is 2.05. The maximum Gasteiger partial charge on any atom is 0.415 e. The second-order valence-corrected chi connectivity index (χ2v) is 3.37. The van der Waals surface area contributed by atoms with Gasteiger partial charge < -0.3 is 14.8 Å². The van der Waals surface area contributed by atoms with Crippen molar-refractivity contribution in [2.24, 2.45) is 0 Å². The van der Waals surface area contributed by atoms with Crippen LogP contribution in [0.25, 0.3) is 0 Å². The Hall–Kier alpha value is -2.57. The summed E-state index contributed by atoms with van der Waals surface area (Å²) in [5.74, 6) is -0.470. The Kier molecular flexibility index (Phi) is 5.34. The molecule has 0 heterocycles. The van der Waals surface area contributed by atoms with Gasteiger partial charge in [-0.05, 0) is 31.2 Å². The maximum absolute atomic E-state index is 11.4. The predicted molar refractivity (Wildman–Crippen MR) is 67.0 cm³/mol. The molecule has 0 saturated heterocycles. The first-order chi connectivity index (χ1) is 9.06. The number of urea groups is 1. The molecule has 2 N–H and O–H groups in total. The average molecular weight is 266 g/mol. The van der Waals surface area contributed by atoms with Gasteiger partial charge in [-0.15, -0.1) is 0 Å². The van der Waals surface area contributed by atoms with Crippen LogP contribution in [-0.4, -0.2) is 31.8 Å². The Balaban J connectivity index is 2.56. The standard InChI is InChI=1S/C12H14N2O5/c1-3-19-12(17)14-11(16)13-9-6-4-8(5-7-9)10(15)18-2/h4-7H,3H2,1-2H3,(H2,13,14,16,17). The van der Waals surface area contributed by atoms with Gasteiger partial charge in [0.1, 0.15) is 0 Å². The summed E-state index contributed by atoms with van der Waals surface area (Å²) in [5.41, 5.74) is 0.785. The third-order valence-corrected chi connectivity index (χ3v) is 2.05. The van der Waals surface area contributed by atoms with Crippen molar-refractivity contribution < 1.29 is 23.9 Å². The molecule has 102 valence electrons. The summed E-state index contributed by atoms with van der Waals surface area (Å²) in [6.45, 7) is 1.80. The Morgan fingerprint density at radius 2 is 1.79 bits per heavy atom. The zero-order valence-corrected chi connectivity index (χ0v) is 10.6. The molecule has 0 aliphatic rings. The van der Waals surface area contributed by atoms with Crippen molar-refractivity contribution >= 4 is 23.8 Å². The Labute approximate surface area is 109 Å². The number of benzene rings is 1. The summed E-state index contributed by atoms with van der Waals surface area (Å²) < 4.78 is 9.08. The number of rotatable bonds is 3. The molecule has 19 heavy (non-hydrogen) atoms. The number of amides is 3. The molecule has 0 bridgehead atoms. The van der Waals surface area contributed by atoms with Crippen LogP contribution in [0.3, 0.4) is 0 Å². The molecule has 0 aliphatic carbocycles. The second kappa shape index (κ2) is 7.00. The highest BCUT2D eigenvalue weighted by Gasteiger charge is 2.09. The van der Waals surface area contributed by atoms with Gasteiger partial charge in [-0.25, -0.2) is 19.7 Å². The Morgan fingerprint density at radius 3 is 2.32 bits per heavy atom. The van der Waals surface area contributed by atoms with Crippen molar-refractivity contribution in [1.29, 1.82) is 0 Å². The summed E-state index contributed by atoms with van der Waals surface area (Å²) in [5, 5.41) is 4.39. The number of carbonyl (C=O) groups is 3. The lowest BCUT2D eigenvalue weighted by atomic mass is 10.2. The number of hydrogen-bond donors (Lipinski definition) is 2. The number of imide groups is 1. The van der Waals surface area contributed by atoms with Crippen molar-refractivity contribution in [3.05, 3.63) is 29.8 Å². The molecule has 0 saturated carbocycles. The molecular weight excluding hydrogens is 252 g/mol. The molecule has 3 amide bonds. The van der Waals surface area contributed by atoms with E-state index in [4.69, 9.17) is 0 Å². The second-order valence-electron chi connectivity index (χ2n) is 3.37. The SMILES string of the molecule is CCOC(=O)NC(=O)Nc1ccc(C(=O)OC)cc1. The van der Waals surface area contributed by atoms with Crippen LogP contribution >= 0.6 is 0 Å². The van der Waals surface area contributed by atoms with Crippen molar-refractivity contribution in [3.63, 3.8) is 0 Å². The van der Waals surface area contributed by atoms with Gasteiger partial charge >= 0.3 is 18.1 Å². The highest BCUT2D eigenvalue weighted by molar-refractivity contribution is 5.99. The molecular formula is C12H14N2O5. The first-order valence-electron chi connectivity index (χ1n) is 5.50. The highest BCUT2D eigenvalue weighted by Crippen LogP contribution is 2.10. The van der Waals surface area contributed by atoms with E-state index in [-0.39, 0.29) is 6.61 Å². The molecule has 0 spiro atoms. The van der Waals surface area contributed by atoms with E-state index in [0.717, 1.165) is 0 Å². The molecule has 0 unspecified atom stereocenters. The van der Waals surface area contributed by atoms with Crippen LogP contribution in [0.4, 0.5) is 15.3 Å². The Morgan fingerprint density at radius 1 is 1.16 bits per heavy atom. The van der Waals surface area contributed by atoms with E-state index in [1.807, 2.05) is 5.32 Å². The molecule has 0 fully saturated rings. The minimum absolute atomic E-state index is 0.174. The minimum atomic E-state index is -0.828. The lowest BCUT2D eigenvalue weighted by Gasteiger charge is -2.07. The molecule has 1 rings (SSSR count). The lowest BCUT2D eigenvalue weighted by molar-refractivity contribution is 0.0600. The molecule has 7 nitrogen and oxygen atoms in total. The molecule has 0 radical (unpaired) electrons. The number of carbonyl (C=O) groups excluding carboxylic acids is 3. The first kappa shape index (κ1) is 14.5. The van der Waals surface area contributed by atoms with Crippen molar-refractivity contribution in [3.8, 4) is 0 Å². The summed E-state index contributed by atoms with van der Waals surface area (Å²) >= 11 is 0. The third kappa shape index (κ3) is 4.66. The quantitative estimate of drug-likeness (QED) is 0.813. The van der Waals surface area contributed by atoms with Crippen molar-refractivity contribution in [2.75, 3.05) is 19.0 Å². The van der Waals surface area contributed by atoms with E-state index < -0.39 is 18.1 Å². The van der Waals surface area contributed by atoms with Gasteiger partial charge in [-0.1, -0.05) is 0 Å². The van der Waals surface area contributed by atoms with E-state index >= 15 is 0 Å². The number of nitrogens with one attached hydrogen (secondary N) is 2. The van der Waals surface area contributed by atoms with E-state index in [9.17, 15) is 14.4 Å². The van der Waals surface area contributed by atoms with Crippen LogP contribution in [-0.2, 0) is 9.47 Å². The number of alkyl carbamates (subject to hydrolysis) is 1. The summed E-state index contributed by atoms with van der Waals surface area (Å²) in [6.07, 6.45) is -0.828. The van der Waals surface area contributed by atoms with Crippen LogP contribution < -0.4 is 10.6 Å². The number of ether oxygens (including phenoxy) is 2. The number of esters is 1. The van der Waals surface area contributed by atoms with Crippen molar-refractivity contribution in [1.82, 2.24) is 5.32 Å². The topological polar surface area (TPSA) is 93.7 Å². The molecule has 0 aromatic heterocycles. The fourth-order valence-electron chi connectivity index (χ4n) is 1.23. The number of hydrogen-bond acceptors (Lipinski definition) is 5. The predicted octanol–water partition coefficient (Wildman–Crippen LogP) is 1.75. The Bertz CT molecular complexity index is 470. The summed E-state index contributed by atoms with van der Waals surface area (Å²) in [7, 11) is 1.28. The summed E-state index contributed by atoms with van der Waals surface area (Å²) in [4.78, 5) is 33.5. The normalized spacial score (nSPS) is 9.37. The van der Waals surface area contributed by atoms with Gasteiger partial charge in [0.05, 0.1) is 19.3 Å². The van der Waals surface area contributed by atoms with Gasteiger partial charge in [0, 0.05) is 5.69 Å². The zero-order valence-electron chi connectivity index (χ0n) is 10.6. The monoisotopic (exact) mass is 266 g/mol.